The molecule has 1 atom stereocenters. The van der Waals surface area contributed by atoms with Crippen molar-refractivity contribution >= 4 is 34.8 Å². The number of nitrogens with one attached hydrogen (secondary N) is 1. The Morgan fingerprint density at radius 2 is 2.05 bits per heavy atom. The summed E-state index contributed by atoms with van der Waals surface area (Å²) in [7, 11) is 0. The van der Waals surface area contributed by atoms with Gasteiger partial charge >= 0.3 is 0 Å². The zero-order chi connectivity index (χ0) is 16.4. The summed E-state index contributed by atoms with van der Waals surface area (Å²) in [4.78, 5) is 12.0. The van der Waals surface area contributed by atoms with Crippen LogP contribution >= 0.6 is 23.2 Å². The summed E-state index contributed by atoms with van der Waals surface area (Å²) in [6, 6.07) is 7.42. The molecule has 1 aliphatic rings. The summed E-state index contributed by atoms with van der Waals surface area (Å²) >= 11 is 11.9. The highest BCUT2D eigenvalue weighted by molar-refractivity contribution is 6.53. The molecule has 6 heteroatoms. The number of alkyl halides is 2. The molecular weight excluding hydrogens is 323 g/mol. The minimum Gasteiger partial charge on any atom is -0.490 e. The van der Waals surface area contributed by atoms with Crippen LogP contribution in [-0.4, -0.2) is 22.6 Å². The van der Waals surface area contributed by atoms with Crippen molar-refractivity contribution in [2.75, 3.05) is 6.61 Å². The standard InChI is InChI=1S/C16H18Cl2N2O2/c1-4-9-22-13-7-5-12(6-8-13)11(2)19-20-14(21)15(3)10-16(15,17)18/h4-8H,1,9-10H2,2-3H3,(H,20,21)/b19-11-/t15-/m1/s1. The molecule has 0 aliphatic heterocycles. The molecule has 0 aromatic heterocycles. The fraction of sp³-hybridized carbons (Fsp3) is 0.375. The van der Waals surface area contributed by atoms with Crippen molar-refractivity contribution in [3.8, 4) is 5.75 Å². The topological polar surface area (TPSA) is 50.7 Å². The third-order valence-corrected chi connectivity index (χ3v) is 4.83. The molecule has 0 spiro atoms. The van der Waals surface area contributed by atoms with Gasteiger partial charge in [0.05, 0.1) is 11.1 Å². The van der Waals surface area contributed by atoms with Crippen LogP contribution in [0.3, 0.4) is 0 Å². The first-order valence-corrected chi connectivity index (χ1v) is 7.62. The second-order valence-electron chi connectivity index (χ2n) is 5.48. The molecule has 0 unspecified atom stereocenters. The van der Waals surface area contributed by atoms with Gasteiger partial charge in [0.1, 0.15) is 16.7 Å². The Morgan fingerprint density at radius 3 is 2.55 bits per heavy atom. The summed E-state index contributed by atoms with van der Waals surface area (Å²) in [5.74, 6) is 0.475. The summed E-state index contributed by atoms with van der Waals surface area (Å²) in [5.41, 5.74) is 3.32. The lowest BCUT2D eigenvalue weighted by atomic mass is 10.1. The molecule has 1 N–H and O–H groups in total. The number of hydrazone groups is 1. The van der Waals surface area contributed by atoms with Crippen LogP contribution in [0.1, 0.15) is 25.8 Å². The van der Waals surface area contributed by atoms with Crippen molar-refractivity contribution in [2.45, 2.75) is 24.6 Å². The predicted molar refractivity (Wildman–Crippen MR) is 89.6 cm³/mol. The number of carbonyl (C=O) groups excluding carboxylic acids is 1. The maximum atomic E-state index is 12.0. The molecule has 2 rings (SSSR count). The molecule has 0 heterocycles. The van der Waals surface area contributed by atoms with Gasteiger partial charge in [-0.2, -0.15) is 5.10 Å². The van der Waals surface area contributed by atoms with E-state index in [2.05, 4.69) is 17.1 Å². The Labute approximate surface area is 140 Å². The number of hydrogen-bond acceptors (Lipinski definition) is 3. The van der Waals surface area contributed by atoms with Crippen molar-refractivity contribution in [3.05, 3.63) is 42.5 Å². The molecule has 0 bridgehead atoms. The van der Waals surface area contributed by atoms with E-state index in [4.69, 9.17) is 27.9 Å². The third kappa shape index (κ3) is 3.45. The lowest BCUT2D eigenvalue weighted by molar-refractivity contribution is -0.125. The van der Waals surface area contributed by atoms with Crippen LogP contribution in [0.25, 0.3) is 0 Å². The molecular formula is C16H18Cl2N2O2. The van der Waals surface area contributed by atoms with E-state index >= 15 is 0 Å². The van der Waals surface area contributed by atoms with E-state index in [1.54, 1.807) is 13.0 Å². The molecule has 1 aromatic rings. The molecule has 4 nitrogen and oxygen atoms in total. The van der Waals surface area contributed by atoms with Gasteiger partial charge in [0.2, 0.25) is 5.91 Å². The lowest BCUT2D eigenvalue weighted by Crippen LogP contribution is -2.30. The zero-order valence-corrected chi connectivity index (χ0v) is 14.0. The molecule has 1 aliphatic carbocycles. The van der Waals surface area contributed by atoms with Gasteiger partial charge in [0.15, 0.2) is 0 Å². The van der Waals surface area contributed by atoms with Crippen molar-refractivity contribution in [2.24, 2.45) is 10.5 Å². The Balaban J connectivity index is 1.97. The number of rotatable bonds is 6. The quantitative estimate of drug-likeness (QED) is 0.371. The van der Waals surface area contributed by atoms with E-state index in [-0.39, 0.29) is 5.91 Å². The Bertz CT molecular complexity index is 611. The van der Waals surface area contributed by atoms with Crippen LogP contribution in [0.15, 0.2) is 42.0 Å². The summed E-state index contributed by atoms with van der Waals surface area (Å²) < 4.78 is 4.41. The van der Waals surface area contributed by atoms with Crippen LogP contribution in [0.5, 0.6) is 5.75 Å². The average molecular weight is 341 g/mol. The highest BCUT2D eigenvalue weighted by Crippen LogP contribution is 2.63. The van der Waals surface area contributed by atoms with Crippen LogP contribution in [-0.2, 0) is 4.79 Å². The highest BCUT2D eigenvalue weighted by Gasteiger charge is 2.68. The van der Waals surface area contributed by atoms with Gasteiger partial charge in [0.25, 0.3) is 0 Å². The molecule has 1 fully saturated rings. The SMILES string of the molecule is C=CCOc1ccc(/C(C)=N\NC(=O)[C@@]2(C)CC2(Cl)Cl)cc1. The van der Waals surface area contributed by atoms with Crippen LogP contribution < -0.4 is 10.2 Å². The van der Waals surface area contributed by atoms with Gasteiger partial charge in [0, 0.05) is 0 Å². The zero-order valence-electron chi connectivity index (χ0n) is 12.5. The Morgan fingerprint density at radius 1 is 1.45 bits per heavy atom. The molecule has 1 aromatic carbocycles. The predicted octanol–water partition coefficient (Wildman–Crippen LogP) is 3.68. The maximum Gasteiger partial charge on any atom is 0.249 e. The lowest BCUT2D eigenvalue weighted by Gasteiger charge is -2.10. The number of carbonyl (C=O) groups is 1. The van der Waals surface area contributed by atoms with Crippen molar-refractivity contribution in [3.63, 3.8) is 0 Å². The highest BCUT2D eigenvalue weighted by atomic mass is 35.5. The fourth-order valence-electron chi connectivity index (χ4n) is 1.92. The summed E-state index contributed by atoms with van der Waals surface area (Å²) in [6.07, 6.45) is 2.11. The largest absolute Gasteiger partial charge is 0.490 e. The van der Waals surface area contributed by atoms with Crippen molar-refractivity contribution < 1.29 is 9.53 Å². The van der Waals surface area contributed by atoms with Gasteiger partial charge in [-0.25, -0.2) is 5.43 Å². The van der Waals surface area contributed by atoms with Crippen LogP contribution in [0, 0.1) is 5.41 Å². The molecule has 1 saturated carbocycles. The van der Waals surface area contributed by atoms with E-state index in [9.17, 15) is 4.79 Å². The van der Waals surface area contributed by atoms with E-state index in [0.29, 0.717) is 18.7 Å². The van der Waals surface area contributed by atoms with Gasteiger partial charge in [-0.3, -0.25) is 4.79 Å². The first-order chi connectivity index (χ1) is 10.3. The minimum absolute atomic E-state index is 0.275. The molecule has 22 heavy (non-hydrogen) atoms. The Hall–Kier alpha value is -1.52. The third-order valence-electron chi connectivity index (χ3n) is 3.72. The maximum absolute atomic E-state index is 12.0. The average Bonchev–Trinajstić information content (AvgIpc) is 3.02. The van der Waals surface area contributed by atoms with E-state index < -0.39 is 9.75 Å². The number of amides is 1. The number of halogens is 2. The van der Waals surface area contributed by atoms with E-state index in [1.807, 2.05) is 31.2 Å². The van der Waals surface area contributed by atoms with Crippen LogP contribution in [0.2, 0.25) is 0 Å². The number of ether oxygens (including phenoxy) is 1. The van der Waals surface area contributed by atoms with Gasteiger partial charge in [-0.15, -0.1) is 23.2 Å². The number of nitrogens with zero attached hydrogens (tertiary/aromatic N) is 1. The second kappa shape index (κ2) is 6.31. The van der Waals surface area contributed by atoms with Gasteiger partial charge in [-0.05, 0) is 50.1 Å². The molecule has 0 radical (unpaired) electrons. The summed E-state index contributed by atoms with van der Waals surface area (Å²) in [6.45, 7) is 7.58. The molecule has 1 amide bonds. The van der Waals surface area contributed by atoms with Gasteiger partial charge < -0.3 is 4.74 Å². The summed E-state index contributed by atoms with van der Waals surface area (Å²) in [5, 5.41) is 4.10. The number of benzene rings is 1. The normalized spacial score (nSPS) is 22.8. The molecule has 0 saturated heterocycles. The Kier molecular flexibility index (Phi) is 4.83. The monoisotopic (exact) mass is 340 g/mol. The number of hydrogen-bond donors (Lipinski definition) is 1. The first kappa shape index (κ1) is 16.8. The smallest absolute Gasteiger partial charge is 0.249 e. The van der Waals surface area contributed by atoms with Crippen molar-refractivity contribution in [1.82, 2.24) is 5.43 Å². The van der Waals surface area contributed by atoms with Crippen LogP contribution in [0.4, 0.5) is 0 Å². The van der Waals surface area contributed by atoms with E-state index in [0.717, 1.165) is 11.3 Å². The van der Waals surface area contributed by atoms with Gasteiger partial charge in [-0.1, -0.05) is 12.7 Å². The molecule has 118 valence electrons. The van der Waals surface area contributed by atoms with E-state index in [1.165, 1.54) is 0 Å². The first-order valence-electron chi connectivity index (χ1n) is 6.87. The second-order valence-corrected chi connectivity index (χ2v) is 6.96. The fourth-order valence-corrected chi connectivity index (χ4v) is 2.62. The van der Waals surface area contributed by atoms with Crippen molar-refractivity contribution in [1.29, 1.82) is 0 Å². The minimum atomic E-state index is -0.995.